The lowest BCUT2D eigenvalue weighted by Crippen LogP contribution is -2.39. The molecule has 0 amide bonds. The Morgan fingerprint density at radius 1 is 1.19 bits per heavy atom. The van der Waals surface area contributed by atoms with Crippen molar-refractivity contribution < 1.29 is 0 Å². The highest BCUT2D eigenvalue weighted by Gasteiger charge is 2.20. The molecule has 2 fully saturated rings. The van der Waals surface area contributed by atoms with Gasteiger partial charge in [-0.05, 0) is 51.1 Å². The predicted octanol–water partition coefficient (Wildman–Crippen LogP) is 3.73. The molecule has 2 saturated heterocycles. The van der Waals surface area contributed by atoms with Crippen LogP contribution in [0, 0.1) is 5.92 Å². The van der Waals surface area contributed by atoms with Gasteiger partial charge in [0.1, 0.15) is 0 Å². The maximum atomic E-state index is 6.24. The fourth-order valence-electron chi connectivity index (χ4n) is 3.76. The summed E-state index contributed by atoms with van der Waals surface area (Å²) >= 11 is 1.79. The molecule has 0 aromatic carbocycles. The minimum absolute atomic E-state index is 0. The minimum Gasteiger partial charge on any atom is -0.370 e. The normalized spacial score (nSPS) is 20.7. The Bertz CT molecular complexity index is 546. The van der Waals surface area contributed by atoms with Gasteiger partial charge in [-0.15, -0.1) is 35.3 Å². The summed E-state index contributed by atoms with van der Waals surface area (Å²) in [5.41, 5.74) is 7.48. The van der Waals surface area contributed by atoms with E-state index in [1.807, 2.05) is 0 Å². The number of likely N-dealkylation sites (tertiary alicyclic amines) is 2. The van der Waals surface area contributed by atoms with Crippen molar-refractivity contribution in [2.45, 2.75) is 58.4 Å². The Morgan fingerprint density at radius 3 is 2.50 bits per heavy atom. The van der Waals surface area contributed by atoms with Crippen molar-refractivity contribution in [3.63, 3.8) is 0 Å². The van der Waals surface area contributed by atoms with Crippen LogP contribution in [0.1, 0.15) is 56.2 Å². The van der Waals surface area contributed by atoms with Crippen LogP contribution in [-0.2, 0) is 13.0 Å². The van der Waals surface area contributed by atoms with Crippen molar-refractivity contribution in [2.75, 3.05) is 32.7 Å². The van der Waals surface area contributed by atoms with Crippen LogP contribution < -0.4 is 5.73 Å². The Labute approximate surface area is 179 Å². The number of guanidine groups is 1. The summed E-state index contributed by atoms with van der Waals surface area (Å²) in [6.45, 7) is 8.55. The molecule has 0 saturated carbocycles. The summed E-state index contributed by atoms with van der Waals surface area (Å²) in [7, 11) is 0. The lowest BCUT2D eigenvalue weighted by Gasteiger charge is -2.31. The van der Waals surface area contributed by atoms with Gasteiger partial charge in [0.2, 0.25) is 0 Å². The number of hydrogen-bond acceptors (Lipinski definition) is 4. The van der Waals surface area contributed by atoms with Gasteiger partial charge in [0.05, 0.1) is 10.7 Å². The second kappa shape index (κ2) is 11.4. The molecule has 148 valence electrons. The number of piperidine rings is 1. The van der Waals surface area contributed by atoms with E-state index in [2.05, 4.69) is 22.1 Å². The zero-order valence-corrected chi connectivity index (χ0v) is 19.2. The first-order valence-corrected chi connectivity index (χ1v) is 10.8. The zero-order chi connectivity index (χ0) is 17.5. The summed E-state index contributed by atoms with van der Waals surface area (Å²) in [6.07, 6.45) is 8.67. The molecule has 0 spiro atoms. The van der Waals surface area contributed by atoms with Gasteiger partial charge >= 0.3 is 0 Å². The predicted molar refractivity (Wildman–Crippen MR) is 121 cm³/mol. The van der Waals surface area contributed by atoms with Crippen molar-refractivity contribution in [1.82, 2.24) is 14.8 Å². The summed E-state index contributed by atoms with van der Waals surface area (Å²) in [4.78, 5) is 14.2. The van der Waals surface area contributed by atoms with Gasteiger partial charge in [-0.3, -0.25) is 9.89 Å². The molecule has 0 bridgehead atoms. The number of rotatable bonds is 5. The van der Waals surface area contributed by atoms with Crippen LogP contribution in [0.5, 0.6) is 0 Å². The van der Waals surface area contributed by atoms with Crippen LogP contribution in [0.2, 0.25) is 0 Å². The summed E-state index contributed by atoms with van der Waals surface area (Å²) in [6, 6.07) is 0. The highest BCUT2D eigenvalue weighted by Crippen LogP contribution is 2.20. The van der Waals surface area contributed by atoms with Crippen LogP contribution in [-0.4, -0.2) is 53.5 Å². The highest BCUT2D eigenvalue weighted by atomic mass is 127. The number of nitrogens with two attached hydrogens (primary N) is 1. The van der Waals surface area contributed by atoms with Crippen LogP contribution in [0.15, 0.2) is 10.4 Å². The van der Waals surface area contributed by atoms with E-state index in [0.29, 0.717) is 5.92 Å². The van der Waals surface area contributed by atoms with E-state index in [9.17, 15) is 0 Å². The monoisotopic (exact) mass is 491 g/mol. The topological polar surface area (TPSA) is 57.8 Å². The van der Waals surface area contributed by atoms with Gasteiger partial charge in [-0.1, -0.05) is 19.8 Å². The first-order chi connectivity index (χ1) is 12.2. The molecule has 3 rings (SSSR count). The van der Waals surface area contributed by atoms with E-state index in [-0.39, 0.29) is 24.0 Å². The van der Waals surface area contributed by atoms with Crippen LogP contribution >= 0.6 is 35.3 Å². The molecule has 1 aromatic rings. The number of aryl methyl sites for hydroxylation is 1. The Hall–Kier alpha value is -0.410. The number of halogens is 1. The van der Waals surface area contributed by atoms with Gasteiger partial charge in [-0.25, -0.2) is 4.98 Å². The Morgan fingerprint density at radius 2 is 1.88 bits per heavy atom. The third-order valence-electron chi connectivity index (χ3n) is 5.44. The SMILES string of the molecule is CCc1nc(CN2CCC(CN=C(N)N3CCCCCC3)CC2)cs1.I. The average molecular weight is 491 g/mol. The number of aromatic nitrogens is 1. The molecule has 2 N–H and O–H groups in total. The van der Waals surface area contributed by atoms with E-state index in [0.717, 1.165) is 51.6 Å². The molecular formula is C19H34IN5S. The zero-order valence-electron chi connectivity index (χ0n) is 16.0. The first-order valence-electron chi connectivity index (χ1n) is 9.95. The maximum Gasteiger partial charge on any atom is 0.191 e. The van der Waals surface area contributed by atoms with E-state index in [1.54, 1.807) is 11.3 Å². The van der Waals surface area contributed by atoms with E-state index in [4.69, 9.17) is 15.7 Å². The average Bonchev–Trinajstić information content (AvgIpc) is 2.91. The smallest absolute Gasteiger partial charge is 0.191 e. The van der Waals surface area contributed by atoms with Gasteiger partial charge < -0.3 is 10.6 Å². The molecule has 26 heavy (non-hydrogen) atoms. The third kappa shape index (κ3) is 6.64. The number of hydrogen-bond donors (Lipinski definition) is 1. The van der Waals surface area contributed by atoms with E-state index in [1.165, 1.54) is 49.2 Å². The molecule has 0 radical (unpaired) electrons. The van der Waals surface area contributed by atoms with Crippen molar-refractivity contribution in [1.29, 1.82) is 0 Å². The fraction of sp³-hybridized carbons (Fsp3) is 0.789. The standard InChI is InChI=1S/C19H33N5S.HI/c1-2-18-22-17(15-25-18)14-23-11-7-16(8-12-23)13-21-19(20)24-9-5-3-4-6-10-24;/h15-16H,2-14H2,1H3,(H2,20,21);1H. The maximum absolute atomic E-state index is 6.24. The minimum atomic E-state index is 0. The molecule has 7 heteroatoms. The van der Waals surface area contributed by atoms with Crippen molar-refractivity contribution in [2.24, 2.45) is 16.6 Å². The van der Waals surface area contributed by atoms with Crippen LogP contribution in [0.4, 0.5) is 0 Å². The number of thiazole rings is 1. The van der Waals surface area contributed by atoms with Gasteiger partial charge in [0.25, 0.3) is 0 Å². The summed E-state index contributed by atoms with van der Waals surface area (Å²) < 4.78 is 0. The number of nitrogens with zero attached hydrogens (tertiary/aromatic N) is 4. The number of aliphatic imine (C=N–C) groups is 1. The van der Waals surface area contributed by atoms with Crippen molar-refractivity contribution >= 4 is 41.3 Å². The van der Waals surface area contributed by atoms with Gasteiger partial charge in [-0.2, -0.15) is 0 Å². The van der Waals surface area contributed by atoms with Crippen LogP contribution in [0.25, 0.3) is 0 Å². The molecule has 2 aliphatic heterocycles. The lowest BCUT2D eigenvalue weighted by atomic mass is 9.97. The van der Waals surface area contributed by atoms with Gasteiger partial charge in [0.15, 0.2) is 5.96 Å². The molecule has 2 aliphatic rings. The van der Waals surface area contributed by atoms with E-state index >= 15 is 0 Å². The summed E-state index contributed by atoms with van der Waals surface area (Å²) in [5, 5.41) is 3.47. The molecule has 0 atom stereocenters. The van der Waals surface area contributed by atoms with Crippen molar-refractivity contribution in [3.05, 3.63) is 16.1 Å². The van der Waals surface area contributed by atoms with Crippen molar-refractivity contribution in [3.8, 4) is 0 Å². The fourth-order valence-corrected chi connectivity index (χ4v) is 4.50. The lowest BCUT2D eigenvalue weighted by molar-refractivity contribution is 0.179. The first kappa shape index (κ1) is 21.9. The highest BCUT2D eigenvalue weighted by molar-refractivity contribution is 14.0. The third-order valence-corrected chi connectivity index (χ3v) is 6.48. The molecule has 5 nitrogen and oxygen atoms in total. The van der Waals surface area contributed by atoms with Gasteiger partial charge in [0, 0.05) is 31.6 Å². The molecule has 0 aliphatic carbocycles. The Balaban J connectivity index is 0.00000243. The molecule has 0 unspecified atom stereocenters. The van der Waals surface area contributed by atoms with E-state index < -0.39 is 0 Å². The Kier molecular flexibility index (Phi) is 9.63. The molecule has 1 aromatic heterocycles. The molecular weight excluding hydrogens is 457 g/mol. The second-order valence-corrected chi connectivity index (χ2v) is 8.35. The van der Waals surface area contributed by atoms with Crippen LogP contribution in [0.3, 0.4) is 0 Å². The summed E-state index contributed by atoms with van der Waals surface area (Å²) in [5.74, 6) is 1.46. The largest absolute Gasteiger partial charge is 0.370 e. The second-order valence-electron chi connectivity index (χ2n) is 7.41. The molecule has 3 heterocycles. The quantitative estimate of drug-likeness (QED) is 0.388.